The largest absolute Gasteiger partial charge is 0.359 e. The van der Waals surface area contributed by atoms with Gasteiger partial charge in [0.25, 0.3) is 5.91 Å². The lowest BCUT2D eigenvalue weighted by molar-refractivity contribution is -0.109. The Morgan fingerprint density at radius 3 is 2.83 bits per heavy atom. The van der Waals surface area contributed by atoms with Gasteiger partial charge in [-0.25, -0.2) is 4.98 Å². The van der Waals surface area contributed by atoms with Crippen molar-refractivity contribution in [2.75, 3.05) is 23.3 Å². The fourth-order valence-corrected chi connectivity index (χ4v) is 4.07. The maximum absolute atomic E-state index is 12.4. The van der Waals surface area contributed by atoms with Gasteiger partial charge >= 0.3 is 0 Å². The summed E-state index contributed by atoms with van der Waals surface area (Å²) < 4.78 is 0. The maximum Gasteiger partial charge on any atom is 0.257 e. The molecule has 8 nitrogen and oxygen atoms in total. The Morgan fingerprint density at radius 1 is 1.23 bits per heavy atom. The predicted octanol–water partition coefficient (Wildman–Crippen LogP) is 2.52. The number of carbonyl (C=O) groups is 2. The number of aryl methyl sites for hydroxylation is 1. The van der Waals surface area contributed by atoms with Crippen LogP contribution in [0.25, 0.3) is 0 Å². The van der Waals surface area contributed by atoms with Gasteiger partial charge in [-0.3, -0.25) is 9.59 Å². The molecule has 0 aliphatic carbocycles. The highest BCUT2D eigenvalue weighted by molar-refractivity contribution is 6.02. The van der Waals surface area contributed by atoms with Crippen LogP contribution in [0.3, 0.4) is 0 Å². The highest BCUT2D eigenvalue weighted by Crippen LogP contribution is 2.29. The van der Waals surface area contributed by atoms with Crippen LogP contribution in [-0.4, -0.2) is 41.4 Å². The Bertz CT molecular complexity index is 915. The van der Waals surface area contributed by atoms with Crippen molar-refractivity contribution in [1.29, 1.82) is 0 Å². The molecule has 2 amide bonds. The first kappa shape index (κ1) is 20.1. The number of hydrogen-bond donors (Lipinski definition) is 3. The molecule has 1 atom stereocenters. The summed E-state index contributed by atoms with van der Waals surface area (Å²) in [6.07, 6.45) is 6.00. The van der Waals surface area contributed by atoms with Gasteiger partial charge in [-0.1, -0.05) is 12.1 Å². The van der Waals surface area contributed by atoms with Crippen LogP contribution < -0.4 is 20.9 Å². The van der Waals surface area contributed by atoms with Gasteiger partial charge < -0.3 is 20.9 Å². The molecule has 2 aromatic rings. The highest BCUT2D eigenvalue weighted by Gasteiger charge is 2.29. The second-order valence-electron chi connectivity index (χ2n) is 7.91. The van der Waals surface area contributed by atoms with E-state index >= 15 is 0 Å². The van der Waals surface area contributed by atoms with Gasteiger partial charge in [-0.15, -0.1) is 0 Å². The Labute approximate surface area is 176 Å². The lowest BCUT2D eigenvalue weighted by Crippen LogP contribution is -2.38. The molecule has 158 valence electrons. The quantitative estimate of drug-likeness (QED) is 0.459. The fourth-order valence-electron chi connectivity index (χ4n) is 4.07. The Hall–Kier alpha value is -3.16. The van der Waals surface area contributed by atoms with E-state index in [-0.39, 0.29) is 5.91 Å². The molecular weight excluding hydrogens is 380 g/mol. The van der Waals surface area contributed by atoms with Crippen LogP contribution in [0.2, 0.25) is 0 Å². The summed E-state index contributed by atoms with van der Waals surface area (Å²) >= 11 is 0. The summed E-state index contributed by atoms with van der Waals surface area (Å²) in [6, 6.07) is 8.49. The molecule has 3 N–H and O–H groups in total. The molecule has 0 spiro atoms. The molecule has 1 aromatic carbocycles. The van der Waals surface area contributed by atoms with Gasteiger partial charge in [0, 0.05) is 24.8 Å². The Kier molecular flexibility index (Phi) is 6.11. The molecule has 1 aromatic heterocycles. The third-order valence-corrected chi connectivity index (χ3v) is 5.76. The van der Waals surface area contributed by atoms with E-state index in [4.69, 9.17) is 9.97 Å². The monoisotopic (exact) mass is 408 g/mol. The average molecular weight is 409 g/mol. The van der Waals surface area contributed by atoms with Gasteiger partial charge in [-0.2, -0.15) is 4.98 Å². The van der Waals surface area contributed by atoms with Crippen LogP contribution in [0.5, 0.6) is 0 Å². The number of rotatable bonds is 8. The summed E-state index contributed by atoms with van der Waals surface area (Å²) in [7, 11) is 0. The van der Waals surface area contributed by atoms with Gasteiger partial charge in [-0.05, 0) is 56.7 Å². The number of nitrogens with one attached hydrogen (secondary N) is 3. The molecule has 0 bridgehead atoms. The van der Waals surface area contributed by atoms with E-state index in [1.54, 1.807) is 0 Å². The zero-order valence-corrected chi connectivity index (χ0v) is 17.3. The van der Waals surface area contributed by atoms with Gasteiger partial charge in [0.2, 0.25) is 12.4 Å². The van der Waals surface area contributed by atoms with Crippen molar-refractivity contribution in [2.45, 2.75) is 51.6 Å². The first-order valence-corrected chi connectivity index (χ1v) is 10.6. The van der Waals surface area contributed by atoms with E-state index in [1.165, 1.54) is 12.0 Å². The molecule has 2 aliphatic rings. The molecule has 3 heterocycles. The molecular formula is C22H28N6O2. The summed E-state index contributed by atoms with van der Waals surface area (Å²) in [5.74, 6) is 1.12. The van der Waals surface area contributed by atoms with Crippen molar-refractivity contribution >= 4 is 29.8 Å². The topological polar surface area (TPSA) is 99.2 Å². The van der Waals surface area contributed by atoms with Crippen molar-refractivity contribution < 1.29 is 9.59 Å². The average Bonchev–Trinajstić information content (AvgIpc) is 3.14. The molecule has 0 saturated carbocycles. The smallest absolute Gasteiger partial charge is 0.257 e. The third-order valence-electron chi connectivity index (χ3n) is 5.76. The summed E-state index contributed by atoms with van der Waals surface area (Å²) in [5.41, 5.74) is 3.36. The molecule has 1 fully saturated rings. The lowest BCUT2D eigenvalue weighted by Gasteiger charge is -2.33. The number of fused-ring (bicyclic) bond motifs is 1. The van der Waals surface area contributed by atoms with E-state index in [2.05, 4.69) is 39.9 Å². The second kappa shape index (κ2) is 9.11. The van der Waals surface area contributed by atoms with Crippen molar-refractivity contribution in [3.8, 4) is 0 Å². The molecule has 0 unspecified atom stereocenters. The van der Waals surface area contributed by atoms with E-state index in [9.17, 15) is 9.59 Å². The van der Waals surface area contributed by atoms with Crippen LogP contribution >= 0.6 is 0 Å². The van der Waals surface area contributed by atoms with Crippen molar-refractivity contribution in [2.24, 2.45) is 0 Å². The van der Waals surface area contributed by atoms with Crippen LogP contribution in [0.15, 0.2) is 24.3 Å². The number of benzene rings is 1. The van der Waals surface area contributed by atoms with Crippen LogP contribution in [0.4, 0.5) is 17.5 Å². The minimum absolute atomic E-state index is 0.134. The normalized spacial score (nSPS) is 18.0. The zero-order valence-electron chi connectivity index (χ0n) is 17.3. The van der Waals surface area contributed by atoms with Crippen molar-refractivity contribution in [3.05, 3.63) is 41.1 Å². The van der Waals surface area contributed by atoms with Crippen molar-refractivity contribution in [1.82, 2.24) is 20.6 Å². The third kappa shape index (κ3) is 4.37. The van der Waals surface area contributed by atoms with Crippen LogP contribution in [0, 0.1) is 0 Å². The second-order valence-corrected chi connectivity index (χ2v) is 7.91. The Balaban J connectivity index is 1.54. The summed E-state index contributed by atoms with van der Waals surface area (Å²) in [5, 5.41) is 8.88. The first-order valence-electron chi connectivity index (χ1n) is 10.6. The SMILES string of the molecule is C[C@@H]1CCCCN1c1nc2c(c(Nc3ccc(CCCNC=O)cc3)n1)C(=O)NC2. The fraction of sp³-hybridized carbons (Fsp3) is 0.455. The van der Waals surface area contributed by atoms with Gasteiger partial charge in [0.15, 0.2) is 0 Å². The molecule has 0 radical (unpaired) electrons. The summed E-state index contributed by atoms with van der Waals surface area (Å²) in [6.45, 7) is 4.25. The van der Waals surface area contributed by atoms with E-state index in [0.29, 0.717) is 36.5 Å². The van der Waals surface area contributed by atoms with Gasteiger partial charge in [0.05, 0.1) is 12.2 Å². The number of nitrogens with zero attached hydrogens (tertiary/aromatic N) is 3. The zero-order chi connectivity index (χ0) is 20.9. The van der Waals surface area contributed by atoms with Crippen molar-refractivity contribution in [3.63, 3.8) is 0 Å². The minimum atomic E-state index is -0.134. The van der Waals surface area contributed by atoms with E-state index in [0.717, 1.165) is 50.0 Å². The standard InChI is InChI=1S/C22H28N6O2/c1-15-5-2-3-12-28(15)22-26-18-13-24-21(30)19(18)20(27-22)25-17-9-7-16(8-10-17)6-4-11-23-14-29/h7-10,14-15H,2-6,11-13H2,1H3,(H,23,29)(H,24,30)(H,25,26,27)/t15-/m1/s1. The number of anilines is 3. The minimum Gasteiger partial charge on any atom is -0.359 e. The molecule has 1 saturated heterocycles. The Morgan fingerprint density at radius 2 is 2.07 bits per heavy atom. The summed E-state index contributed by atoms with van der Waals surface area (Å²) in [4.78, 5) is 34.4. The number of amides is 2. The molecule has 2 aliphatic heterocycles. The lowest BCUT2D eigenvalue weighted by atomic mass is 10.0. The van der Waals surface area contributed by atoms with E-state index in [1.807, 2.05) is 12.1 Å². The van der Waals surface area contributed by atoms with E-state index < -0.39 is 0 Å². The number of carbonyl (C=O) groups excluding carboxylic acids is 2. The number of aromatic nitrogens is 2. The van der Waals surface area contributed by atoms with Gasteiger partial charge in [0.1, 0.15) is 11.4 Å². The maximum atomic E-state index is 12.4. The predicted molar refractivity (Wildman–Crippen MR) is 116 cm³/mol. The highest BCUT2D eigenvalue weighted by atomic mass is 16.2. The number of hydrogen-bond acceptors (Lipinski definition) is 6. The molecule has 8 heteroatoms. The molecule has 4 rings (SSSR count). The molecule has 30 heavy (non-hydrogen) atoms. The van der Waals surface area contributed by atoms with Crippen LogP contribution in [0.1, 0.15) is 54.2 Å². The first-order chi connectivity index (χ1) is 14.7. The van der Waals surface area contributed by atoms with Crippen LogP contribution in [-0.2, 0) is 17.8 Å². The number of piperidine rings is 1.